The van der Waals surface area contributed by atoms with Crippen molar-refractivity contribution in [1.82, 2.24) is 0 Å². The molecular weight excluding hydrogens is 379 g/mol. The van der Waals surface area contributed by atoms with Crippen molar-refractivity contribution in [2.45, 2.75) is 63.5 Å². The highest BCUT2D eigenvalue weighted by molar-refractivity contribution is 6.01. The Bertz CT molecular complexity index is 837. The van der Waals surface area contributed by atoms with Crippen LogP contribution in [-0.2, 0) is 9.59 Å². The van der Waals surface area contributed by atoms with Crippen molar-refractivity contribution in [2.75, 3.05) is 6.61 Å². The van der Waals surface area contributed by atoms with Crippen LogP contribution in [0, 0.1) is 28.6 Å². The molecule has 0 bridgehead atoms. The molecule has 4 rings (SSSR count). The molecule has 9 atom stereocenters. The van der Waals surface area contributed by atoms with Gasteiger partial charge in [0.2, 0.25) is 0 Å². The van der Waals surface area contributed by atoms with Crippen LogP contribution >= 0.6 is 0 Å². The molecule has 6 nitrogen and oxygen atoms in total. The lowest BCUT2D eigenvalue weighted by Crippen LogP contribution is -2.70. The van der Waals surface area contributed by atoms with Gasteiger partial charge in [-0.3, -0.25) is 9.59 Å². The topological polar surface area (TPSA) is 115 Å². The first-order valence-corrected chi connectivity index (χ1v) is 10.2. The number of rotatable bonds is 2. The van der Waals surface area contributed by atoms with E-state index in [2.05, 4.69) is 0 Å². The maximum atomic E-state index is 16.9. The third-order valence-corrected chi connectivity index (χ3v) is 8.82. The Morgan fingerprint density at radius 3 is 2.52 bits per heavy atom. The average molecular weight is 408 g/mol. The number of carbonyl (C=O) groups is 2. The molecule has 3 saturated carbocycles. The predicted molar refractivity (Wildman–Crippen MR) is 101 cm³/mol. The molecule has 4 N–H and O–H groups in total. The third-order valence-electron chi connectivity index (χ3n) is 8.82. The van der Waals surface area contributed by atoms with Crippen molar-refractivity contribution in [2.24, 2.45) is 28.6 Å². The number of aliphatic hydroxyl groups is 4. The highest BCUT2D eigenvalue weighted by atomic mass is 19.1. The van der Waals surface area contributed by atoms with Crippen molar-refractivity contribution >= 4 is 11.6 Å². The van der Waals surface area contributed by atoms with E-state index in [-0.39, 0.29) is 24.2 Å². The number of alkyl halides is 1. The summed E-state index contributed by atoms with van der Waals surface area (Å²) in [5, 5.41) is 42.8. The number of hydrogen-bond donors (Lipinski definition) is 4. The maximum Gasteiger partial charge on any atom is 0.190 e. The van der Waals surface area contributed by atoms with Gasteiger partial charge in [0.25, 0.3) is 0 Å². The summed E-state index contributed by atoms with van der Waals surface area (Å²) in [6.45, 7) is 4.14. The fourth-order valence-electron chi connectivity index (χ4n) is 7.30. The standard InChI is InChI=1S/C22H29FO6/c1-11-6-13-14-8-16(26)15-7-12(25)4-5-19(15,2)21(14,23)17(27)9-20(13,3)22(11,29)18(28)10-24/h4-5,7,11,13-14,16-17,24,26-27,29H,6,8-10H2,1-3H3. The van der Waals surface area contributed by atoms with E-state index in [1.807, 2.05) is 0 Å². The van der Waals surface area contributed by atoms with Crippen molar-refractivity contribution in [3.63, 3.8) is 0 Å². The summed E-state index contributed by atoms with van der Waals surface area (Å²) in [5.41, 5.74) is -6.28. The van der Waals surface area contributed by atoms with Crippen molar-refractivity contribution in [1.29, 1.82) is 0 Å². The van der Waals surface area contributed by atoms with Gasteiger partial charge in [0, 0.05) is 16.7 Å². The minimum Gasteiger partial charge on any atom is -0.390 e. The van der Waals surface area contributed by atoms with E-state index in [4.69, 9.17) is 0 Å². The van der Waals surface area contributed by atoms with Gasteiger partial charge in [-0.1, -0.05) is 19.9 Å². The number of Topliss-reactive ketones (excluding diaryl/α,β-unsaturated/α-hetero) is 1. The molecule has 0 saturated heterocycles. The number of aliphatic hydroxyl groups excluding tert-OH is 3. The van der Waals surface area contributed by atoms with Gasteiger partial charge < -0.3 is 20.4 Å². The molecule has 0 amide bonds. The van der Waals surface area contributed by atoms with Gasteiger partial charge in [0.05, 0.1) is 12.2 Å². The van der Waals surface area contributed by atoms with E-state index in [1.54, 1.807) is 20.8 Å². The first-order valence-electron chi connectivity index (χ1n) is 10.2. The molecule has 0 aromatic rings. The third kappa shape index (κ3) is 2.19. The summed E-state index contributed by atoms with van der Waals surface area (Å²) in [5.74, 6) is -2.89. The lowest BCUT2D eigenvalue weighted by Gasteiger charge is -2.63. The highest BCUT2D eigenvalue weighted by Gasteiger charge is 2.76. The molecule has 3 fully saturated rings. The van der Waals surface area contributed by atoms with Crippen molar-refractivity contribution in [3.05, 3.63) is 23.8 Å². The fraction of sp³-hybridized carbons (Fsp3) is 0.727. The van der Waals surface area contributed by atoms with Crippen molar-refractivity contribution < 1.29 is 34.4 Å². The highest BCUT2D eigenvalue weighted by Crippen LogP contribution is 2.70. The van der Waals surface area contributed by atoms with Gasteiger partial charge in [0.15, 0.2) is 17.2 Å². The van der Waals surface area contributed by atoms with Gasteiger partial charge in [-0.15, -0.1) is 0 Å². The Kier molecular flexibility index (Phi) is 4.36. The van der Waals surface area contributed by atoms with Crippen LogP contribution in [0.1, 0.15) is 40.0 Å². The summed E-state index contributed by atoms with van der Waals surface area (Å²) in [7, 11) is 0. The van der Waals surface area contributed by atoms with Crippen LogP contribution in [0.15, 0.2) is 23.8 Å². The second-order valence-electron chi connectivity index (χ2n) is 9.89. The lowest BCUT2D eigenvalue weighted by atomic mass is 9.44. The summed E-state index contributed by atoms with van der Waals surface area (Å²) in [6.07, 6.45) is 1.56. The Morgan fingerprint density at radius 1 is 1.24 bits per heavy atom. The van der Waals surface area contributed by atoms with Crippen LogP contribution in [0.25, 0.3) is 0 Å². The van der Waals surface area contributed by atoms with Crippen LogP contribution in [0.5, 0.6) is 0 Å². The van der Waals surface area contributed by atoms with Gasteiger partial charge >= 0.3 is 0 Å². The predicted octanol–water partition coefficient (Wildman–Crippen LogP) is 0.866. The second kappa shape index (κ2) is 6.06. The van der Waals surface area contributed by atoms with Gasteiger partial charge in [-0.25, -0.2) is 4.39 Å². The van der Waals surface area contributed by atoms with E-state index in [0.29, 0.717) is 6.42 Å². The molecule has 0 aromatic heterocycles. The quantitative estimate of drug-likeness (QED) is 0.539. The molecule has 9 unspecified atom stereocenters. The van der Waals surface area contributed by atoms with E-state index in [0.717, 1.165) is 0 Å². The summed E-state index contributed by atoms with van der Waals surface area (Å²) >= 11 is 0. The van der Waals surface area contributed by atoms with E-state index in [9.17, 15) is 30.0 Å². The molecule has 4 aliphatic rings. The molecule has 0 aromatic carbocycles. The molecule has 7 heteroatoms. The SMILES string of the molecule is CC1CC2C3CC(O)C4=CC(=O)C=CC4(C)C3(F)C(O)CC2(C)C1(O)C(=O)CO. The summed E-state index contributed by atoms with van der Waals surface area (Å²) < 4.78 is 16.9. The maximum absolute atomic E-state index is 16.9. The molecule has 160 valence electrons. The molecule has 29 heavy (non-hydrogen) atoms. The number of ketones is 2. The van der Waals surface area contributed by atoms with Crippen LogP contribution in [-0.4, -0.2) is 62.1 Å². The Labute approximate surface area is 169 Å². The van der Waals surface area contributed by atoms with E-state index >= 15 is 4.39 Å². The first kappa shape index (κ1) is 20.8. The molecule has 0 radical (unpaired) electrons. The second-order valence-corrected chi connectivity index (χ2v) is 9.89. The van der Waals surface area contributed by atoms with Gasteiger partial charge in [0.1, 0.15) is 12.2 Å². The lowest BCUT2D eigenvalue weighted by molar-refractivity contribution is -0.226. The minimum absolute atomic E-state index is 0.00746. The molecule has 4 aliphatic carbocycles. The number of fused-ring (bicyclic) bond motifs is 5. The summed E-state index contributed by atoms with van der Waals surface area (Å²) in [4.78, 5) is 24.4. The zero-order valence-electron chi connectivity index (χ0n) is 16.9. The van der Waals surface area contributed by atoms with Crippen LogP contribution < -0.4 is 0 Å². The zero-order chi connectivity index (χ0) is 21.6. The Balaban J connectivity index is 1.87. The minimum atomic E-state index is -2.16. The number of halogens is 1. The van der Waals surface area contributed by atoms with Crippen LogP contribution in [0.4, 0.5) is 4.39 Å². The Hall–Kier alpha value is -1.41. The molecule has 0 heterocycles. The zero-order valence-corrected chi connectivity index (χ0v) is 16.9. The number of allylic oxidation sites excluding steroid dienone is 3. The molecular formula is C22H29FO6. The average Bonchev–Trinajstić information content (AvgIpc) is 2.86. The van der Waals surface area contributed by atoms with Gasteiger partial charge in [-0.05, 0) is 55.7 Å². The normalized spacial score (nSPS) is 53.7. The number of hydrogen-bond acceptors (Lipinski definition) is 6. The number of carbonyl (C=O) groups excluding carboxylic acids is 2. The van der Waals surface area contributed by atoms with E-state index < -0.39 is 64.5 Å². The molecule has 0 spiro atoms. The fourth-order valence-corrected chi connectivity index (χ4v) is 7.30. The molecule has 0 aliphatic heterocycles. The smallest absolute Gasteiger partial charge is 0.190 e. The largest absolute Gasteiger partial charge is 0.390 e. The Morgan fingerprint density at radius 2 is 1.90 bits per heavy atom. The van der Waals surface area contributed by atoms with Crippen molar-refractivity contribution in [3.8, 4) is 0 Å². The van der Waals surface area contributed by atoms with Crippen LogP contribution in [0.2, 0.25) is 0 Å². The first-order chi connectivity index (χ1) is 13.4. The van der Waals surface area contributed by atoms with Gasteiger partial charge in [-0.2, -0.15) is 0 Å². The van der Waals surface area contributed by atoms with Crippen LogP contribution in [0.3, 0.4) is 0 Å². The summed E-state index contributed by atoms with van der Waals surface area (Å²) in [6, 6.07) is 0. The monoisotopic (exact) mass is 408 g/mol. The van der Waals surface area contributed by atoms with E-state index in [1.165, 1.54) is 18.2 Å².